The SMILES string of the molecule is Cc1ncsc1-c1ccc(CCNC(=O)[C@@H]2C[C@@H](O)CN2C(=O)C(C)(C)[C@H](C)NC(=O)CN2CCN(CC3CCN(C(=O)OC(C)(C)C)CC3)CC2)cc1. The minimum Gasteiger partial charge on any atom is -0.444 e. The predicted octanol–water partition coefficient (Wildman–Crippen LogP) is 3.53. The minimum atomic E-state index is -1.01. The van der Waals surface area contributed by atoms with Crippen molar-refractivity contribution in [1.29, 1.82) is 0 Å². The Hall–Kier alpha value is -3.59. The van der Waals surface area contributed by atoms with Crippen LogP contribution >= 0.6 is 11.3 Å². The molecule has 5 rings (SSSR count). The van der Waals surface area contributed by atoms with Crippen LogP contribution in [-0.2, 0) is 25.5 Å². The molecule has 0 saturated carbocycles. The van der Waals surface area contributed by atoms with Crippen molar-refractivity contribution in [2.75, 3.05) is 65.4 Å². The van der Waals surface area contributed by atoms with Gasteiger partial charge in [-0.1, -0.05) is 24.3 Å². The van der Waals surface area contributed by atoms with Gasteiger partial charge >= 0.3 is 6.09 Å². The lowest BCUT2D eigenvalue weighted by atomic mass is 9.83. The number of β-amino-alcohol motifs (C(OH)–C–C–N with tert-alkyl or cyclic N) is 1. The smallest absolute Gasteiger partial charge is 0.410 e. The number of hydrogen-bond donors (Lipinski definition) is 3. The van der Waals surface area contributed by atoms with E-state index in [-0.39, 0.29) is 43.3 Å². The Labute approximate surface area is 324 Å². The Morgan fingerprint density at radius 1 is 0.981 bits per heavy atom. The average molecular weight is 768 g/mol. The molecular weight excluding hydrogens is 707 g/mol. The number of carbonyl (C=O) groups excluding carboxylic acids is 4. The molecule has 0 spiro atoms. The quantitative estimate of drug-likeness (QED) is 0.295. The van der Waals surface area contributed by atoms with Crippen LogP contribution in [0.1, 0.15) is 72.1 Å². The molecule has 4 amide bonds. The zero-order chi connectivity index (χ0) is 39.2. The number of aromatic nitrogens is 1. The van der Waals surface area contributed by atoms with Crippen molar-refractivity contribution >= 4 is 35.2 Å². The number of aliphatic hydroxyl groups excluding tert-OH is 1. The summed E-state index contributed by atoms with van der Waals surface area (Å²) >= 11 is 1.61. The van der Waals surface area contributed by atoms with Crippen molar-refractivity contribution in [3.05, 3.63) is 41.0 Å². The Morgan fingerprint density at radius 3 is 2.24 bits per heavy atom. The van der Waals surface area contributed by atoms with Crippen molar-refractivity contribution in [1.82, 2.24) is 35.2 Å². The highest BCUT2D eigenvalue weighted by molar-refractivity contribution is 7.13. The Balaban J connectivity index is 1.02. The Kier molecular flexibility index (Phi) is 13.8. The van der Waals surface area contributed by atoms with E-state index in [1.807, 2.05) is 45.0 Å². The zero-order valence-electron chi connectivity index (χ0n) is 33.2. The van der Waals surface area contributed by atoms with E-state index in [1.54, 1.807) is 25.2 Å². The number of likely N-dealkylation sites (tertiary alicyclic amines) is 2. The van der Waals surface area contributed by atoms with Crippen molar-refractivity contribution in [2.45, 2.75) is 97.9 Å². The van der Waals surface area contributed by atoms with Gasteiger partial charge in [0, 0.05) is 71.4 Å². The van der Waals surface area contributed by atoms with Gasteiger partial charge in [-0.05, 0) is 84.8 Å². The van der Waals surface area contributed by atoms with Gasteiger partial charge in [0.2, 0.25) is 17.7 Å². The molecule has 13 nitrogen and oxygen atoms in total. The van der Waals surface area contributed by atoms with Gasteiger partial charge in [-0.15, -0.1) is 11.3 Å². The molecule has 0 unspecified atom stereocenters. The summed E-state index contributed by atoms with van der Waals surface area (Å²) in [7, 11) is 0. The highest BCUT2D eigenvalue weighted by atomic mass is 32.1. The fourth-order valence-corrected chi connectivity index (χ4v) is 8.29. The summed E-state index contributed by atoms with van der Waals surface area (Å²) in [5, 5.41) is 16.6. The second-order valence-electron chi connectivity index (χ2n) is 16.9. The predicted molar refractivity (Wildman–Crippen MR) is 210 cm³/mol. The van der Waals surface area contributed by atoms with Crippen molar-refractivity contribution in [3.8, 4) is 10.4 Å². The number of aliphatic hydroxyl groups is 1. The van der Waals surface area contributed by atoms with Crippen LogP contribution in [0.3, 0.4) is 0 Å². The van der Waals surface area contributed by atoms with Crippen molar-refractivity contribution in [3.63, 3.8) is 0 Å². The molecule has 1 aromatic carbocycles. The molecule has 3 aliphatic heterocycles. The van der Waals surface area contributed by atoms with Gasteiger partial charge in [0.25, 0.3) is 0 Å². The lowest BCUT2D eigenvalue weighted by Crippen LogP contribution is -2.57. The molecule has 0 bridgehead atoms. The van der Waals surface area contributed by atoms with Crippen LogP contribution in [0.15, 0.2) is 29.8 Å². The van der Waals surface area contributed by atoms with Gasteiger partial charge in [0.15, 0.2) is 0 Å². The van der Waals surface area contributed by atoms with Crippen LogP contribution < -0.4 is 10.6 Å². The molecule has 298 valence electrons. The highest BCUT2D eigenvalue weighted by Crippen LogP contribution is 2.30. The summed E-state index contributed by atoms with van der Waals surface area (Å²) < 4.78 is 5.53. The fourth-order valence-electron chi connectivity index (χ4n) is 7.48. The van der Waals surface area contributed by atoms with Crippen LogP contribution in [0, 0.1) is 18.3 Å². The van der Waals surface area contributed by atoms with Crippen LogP contribution in [-0.4, -0.2) is 143 Å². The van der Waals surface area contributed by atoms with Crippen LogP contribution in [0.25, 0.3) is 10.4 Å². The summed E-state index contributed by atoms with van der Waals surface area (Å²) in [6.07, 6.45) is 1.70. The second kappa shape index (κ2) is 17.9. The maximum atomic E-state index is 13.9. The molecule has 54 heavy (non-hydrogen) atoms. The van der Waals surface area contributed by atoms with Crippen LogP contribution in [0.2, 0.25) is 0 Å². The van der Waals surface area contributed by atoms with Crippen LogP contribution in [0.4, 0.5) is 4.79 Å². The first-order chi connectivity index (χ1) is 25.5. The summed E-state index contributed by atoms with van der Waals surface area (Å²) in [5.74, 6) is -0.164. The molecule has 0 aliphatic carbocycles. The van der Waals surface area contributed by atoms with Crippen LogP contribution in [0.5, 0.6) is 0 Å². The summed E-state index contributed by atoms with van der Waals surface area (Å²) in [6.45, 7) is 19.5. The van der Waals surface area contributed by atoms with Gasteiger partial charge in [-0.3, -0.25) is 19.3 Å². The molecule has 3 fully saturated rings. The lowest BCUT2D eigenvalue weighted by Gasteiger charge is -2.39. The third-order valence-corrected chi connectivity index (χ3v) is 12.1. The maximum absolute atomic E-state index is 13.9. The van der Waals surface area contributed by atoms with E-state index in [1.165, 1.54) is 4.90 Å². The first kappa shape index (κ1) is 41.6. The highest BCUT2D eigenvalue weighted by Gasteiger charge is 2.46. The molecule has 3 saturated heterocycles. The van der Waals surface area contributed by atoms with Crippen molar-refractivity contribution < 1.29 is 29.0 Å². The van der Waals surface area contributed by atoms with Gasteiger partial charge in [-0.2, -0.15) is 0 Å². The molecule has 2 aromatic rings. The van der Waals surface area contributed by atoms with E-state index in [0.29, 0.717) is 32.0 Å². The molecule has 3 atom stereocenters. The fraction of sp³-hybridized carbons (Fsp3) is 0.675. The van der Waals surface area contributed by atoms with Gasteiger partial charge < -0.3 is 35.2 Å². The first-order valence-electron chi connectivity index (χ1n) is 19.5. The zero-order valence-corrected chi connectivity index (χ0v) is 34.0. The van der Waals surface area contributed by atoms with E-state index in [2.05, 4.69) is 49.7 Å². The summed E-state index contributed by atoms with van der Waals surface area (Å²) in [6, 6.07) is 6.96. The number of benzene rings is 1. The largest absolute Gasteiger partial charge is 0.444 e. The van der Waals surface area contributed by atoms with E-state index < -0.39 is 29.2 Å². The van der Waals surface area contributed by atoms with E-state index in [0.717, 1.165) is 67.3 Å². The number of rotatable bonds is 12. The average Bonchev–Trinajstić information content (AvgIpc) is 3.73. The number of nitrogens with one attached hydrogen (secondary N) is 2. The normalized spacial score (nSPS) is 21.2. The number of aryl methyl sites for hydroxylation is 1. The van der Waals surface area contributed by atoms with Crippen molar-refractivity contribution in [2.24, 2.45) is 11.3 Å². The van der Waals surface area contributed by atoms with E-state index in [4.69, 9.17) is 4.74 Å². The van der Waals surface area contributed by atoms with Gasteiger partial charge in [0.05, 0.1) is 34.1 Å². The number of amides is 4. The third kappa shape index (κ3) is 11.0. The topological polar surface area (TPSA) is 148 Å². The number of nitrogens with zero attached hydrogens (tertiary/aromatic N) is 5. The lowest BCUT2D eigenvalue weighted by molar-refractivity contribution is -0.147. The van der Waals surface area contributed by atoms with Gasteiger partial charge in [0.1, 0.15) is 11.6 Å². The molecule has 3 N–H and O–H groups in total. The number of hydrogen-bond acceptors (Lipinski definition) is 10. The molecule has 4 heterocycles. The molecule has 3 aliphatic rings. The number of thiazole rings is 1. The van der Waals surface area contributed by atoms with E-state index >= 15 is 0 Å². The summed E-state index contributed by atoms with van der Waals surface area (Å²) in [5.41, 5.74) is 3.55. The maximum Gasteiger partial charge on any atom is 0.410 e. The number of ether oxygens (including phenoxy) is 1. The Morgan fingerprint density at radius 2 is 1.63 bits per heavy atom. The molecule has 14 heteroatoms. The minimum absolute atomic E-state index is 0.0760. The number of piperidine rings is 1. The monoisotopic (exact) mass is 767 g/mol. The summed E-state index contributed by atoms with van der Waals surface area (Å²) in [4.78, 5) is 66.2. The van der Waals surface area contributed by atoms with E-state index in [9.17, 15) is 24.3 Å². The molecule has 0 radical (unpaired) electrons. The molecular formula is C40H61N7O6S. The standard InChI is InChI=1S/C40H61N7O6S/c1-27-35(54-26-42-27)31-10-8-29(9-11-31)12-15-41-36(50)33-22-32(48)24-47(33)37(51)40(6,7)28(2)43-34(49)25-45-20-18-44(19-21-45)23-30-13-16-46(17-14-30)38(52)53-39(3,4)5/h8-11,26,28,30,32-33,48H,12-25H2,1-7H3,(H,41,50)(H,43,49)/t28-,32+,33-/m0/s1. The van der Waals surface area contributed by atoms with Gasteiger partial charge in [-0.25, -0.2) is 9.78 Å². The molecule has 1 aromatic heterocycles. The Bertz CT molecular complexity index is 1590. The number of carbonyl (C=O) groups is 4. The second-order valence-corrected chi connectivity index (χ2v) is 17.7. The third-order valence-electron chi connectivity index (χ3n) is 11.1. The first-order valence-corrected chi connectivity index (χ1v) is 20.4. The number of piperazine rings is 1.